The summed E-state index contributed by atoms with van der Waals surface area (Å²) in [6.45, 7) is 6.57. The van der Waals surface area contributed by atoms with E-state index >= 15 is 0 Å². The molecule has 2 N–H and O–H groups in total. The number of carbonyl (C=O) groups excluding carboxylic acids is 2. The minimum atomic E-state index is -1.23. The zero-order chi connectivity index (χ0) is 19.8. The van der Waals surface area contributed by atoms with Crippen LogP contribution in [0.4, 0.5) is 0 Å². The van der Waals surface area contributed by atoms with Crippen LogP contribution in [0.5, 0.6) is 0 Å². The van der Waals surface area contributed by atoms with Gasteiger partial charge in [-0.2, -0.15) is 0 Å². The second-order valence-electron chi connectivity index (χ2n) is 8.46. The summed E-state index contributed by atoms with van der Waals surface area (Å²) in [5, 5.41) is 21.8. The van der Waals surface area contributed by atoms with Gasteiger partial charge >= 0.3 is 11.9 Å². The van der Waals surface area contributed by atoms with Gasteiger partial charge in [0, 0.05) is 19.3 Å². The average Bonchev–Trinajstić information content (AvgIpc) is 3.34. The van der Waals surface area contributed by atoms with E-state index < -0.39 is 58.9 Å². The van der Waals surface area contributed by atoms with Crippen molar-refractivity contribution in [2.45, 2.75) is 70.2 Å². The molecule has 8 nitrogen and oxygen atoms in total. The Hall–Kier alpha value is -1.48. The van der Waals surface area contributed by atoms with E-state index in [-0.39, 0.29) is 6.61 Å². The number of hydrogen-bond donors (Lipinski definition) is 2. The van der Waals surface area contributed by atoms with E-state index in [1.165, 1.54) is 13.8 Å². The van der Waals surface area contributed by atoms with E-state index in [4.69, 9.17) is 18.9 Å². The van der Waals surface area contributed by atoms with Crippen LogP contribution < -0.4 is 0 Å². The van der Waals surface area contributed by atoms with Crippen LogP contribution in [0.3, 0.4) is 0 Å². The number of epoxide rings is 1. The van der Waals surface area contributed by atoms with E-state index in [1.807, 2.05) is 6.92 Å². The zero-order valence-electron chi connectivity index (χ0n) is 15.9. The first-order valence-corrected chi connectivity index (χ1v) is 9.23. The van der Waals surface area contributed by atoms with Gasteiger partial charge < -0.3 is 29.2 Å². The predicted octanol–water partition coefficient (Wildman–Crippen LogP) is 0.0957. The van der Waals surface area contributed by atoms with Crippen LogP contribution in [-0.4, -0.2) is 71.5 Å². The van der Waals surface area contributed by atoms with Crippen molar-refractivity contribution in [3.63, 3.8) is 0 Å². The second kappa shape index (κ2) is 5.76. The molecule has 2 aliphatic heterocycles. The molecule has 3 fully saturated rings. The molecule has 3 unspecified atom stereocenters. The molecule has 0 amide bonds. The van der Waals surface area contributed by atoms with Gasteiger partial charge in [0.2, 0.25) is 0 Å². The quantitative estimate of drug-likeness (QED) is 0.401. The molecule has 2 bridgehead atoms. The van der Waals surface area contributed by atoms with Gasteiger partial charge in [0.05, 0.1) is 24.2 Å². The number of esters is 2. The molecular formula is C19H26O8. The molecule has 0 aromatic heterocycles. The summed E-state index contributed by atoms with van der Waals surface area (Å²) < 4.78 is 23.1. The SMILES string of the molecule is CC(=O)OC[C@@]12C(O)C(O)C(C)=C[C@@H]1O[C@H]1[C@H](OC(C)=O)C[C@]2(C)C12CO2. The van der Waals surface area contributed by atoms with Gasteiger partial charge in [-0.05, 0) is 18.9 Å². The second-order valence-corrected chi connectivity index (χ2v) is 8.46. The molecule has 2 heterocycles. The molecule has 150 valence electrons. The molecule has 4 aliphatic rings. The Morgan fingerprint density at radius 2 is 1.96 bits per heavy atom. The standard InChI is InChI=1S/C19H26O8/c1-9-5-13-18(7-24-10(2)20,15(23)14(9)22)17(4)6-12(26-11(3)21)16(27-13)19(17)8-25-19/h5,12-16,22-23H,6-8H2,1-4H3/t12-,13+,14?,15?,16+,17+,18+,19?/m1/s1. The van der Waals surface area contributed by atoms with Crippen LogP contribution >= 0.6 is 0 Å². The number of carbonyl (C=O) groups is 2. The summed E-state index contributed by atoms with van der Waals surface area (Å²) >= 11 is 0. The Morgan fingerprint density at radius 1 is 1.30 bits per heavy atom. The van der Waals surface area contributed by atoms with Gasteiger partial charge in [0.15, 0.2) is 0 Å². The van der Waals surface area contributed by atoms with Crippen molar-refractivity contribution in [1.29, 1.82) is 0 Å². The molecule has 0 aromatic rings. The summed E-state index contributed by atoms with van der Waals surface area (Å²) in [4.78, 5) is 23.2. The van der Waals surface area contributed by atoms with Gasteiger partial charge in [0.25, 0.3) is 0 Å². The lowest BCUT2D eigenvalue weighted by Gasteiger charge is -2.59. The van der Waals surface area contributed by atoms with Crippen molar-refractivity contribution in [2.24, 2.45) is 10.8 Å². The Morgan fingerprint density at radius 3 is 2.52 bits per heavy atom. The van der Waals surface area contributed by atoms with Crippen molar-refractivity contribution < 1.29 is 38.7 Å². The summed E-state index contributed by atoms with van der Waals surface area (Å²) in [6, 6.07) is 0. The van der Waals surface area contributed by atoms with E-state index in [9.17, 15) is 19.8 Å². The lowest BCUT2D eigenvalue weighted by molar-refractivity contribution is -0.264. The third-order valence-corrected chi connectivity index (χ3v) is 7.16. The van der Waals surface area contributed by atoms with E-state index in [0.29, 0.717) is 18.6 Å². The monoisotopic (exact) mass is 382 g/mol. The average molecular weight is 382 g/mol. The smallest absolute Gasteiger partial charge is 0.302 e. The largest absolute Gasteiger partial charge is 0.465 e. The normalized spacial score (nSPS) is 50.0. The molecule has 27 heavy (non-hydrogen) atoms. The molecule has 8 heteroatoms. The Balaban J connectivity index is 1.85. The first-order valence-electron chi connectivity index (χ1n) is 9.23. The molecular weight excluding hydrogens is 356 g/mol. The van der Waals surface area contributed by atoms with E-state index in [2.05, 4.69) is 0 Å². The van der Waals surface area contributed by atoms with Crippen LogP contribution in [0.25, 0.3) is 0 Å². The highest BCUT2D eigenvalue weighted by Gasteiger charge is 2.84. The minimum absolute atomic E-state index is 0.129. The summed E-state index contributed by atoms with van der Waals surface area (Å²) in [5.74, 6) is -0.901. The van der Waals surface area contributed by atoms with E-state index in [1.54, 1.807) is 13.0 Å². The van der Waals surface area contributed by atoms with Gasteiger partial charge in [0.1, 0.15) is 30.5 Å². The van der Waals surface area contributed by atoms with Crippen molar-refractivity contribution >= 4 is 11.9 Å². The molecule has 8 atom stereocenters. The van der Waals surface area contributed by atoms with Gasteiger partial charge in [-0.1, -0.05) is 13.0 Å². The molecule has 0 radical (unpaired) electrons. The fourth-order valence-electron chi connectivity index (χ4n) is 5.65. The highest BCUT2D eigenvalue weighted by molar-refractivity contribution is 5.66. The van der Waals surface area contributed by atoms with Crippen LogP contribution in [0.1, 0.15) is 34.1 Å². The number of rotatable bonds is 3. The first kappa shape index (κ1) is 18.9. The predicted molar refractivity (Wildman–Crippen MR) is 90.5 cm³/mol. The summed E-state index contributed by atoms with van der Waals surface area (Å²) in [5.41, 5.74) is -2.02. The fraction of sp³-hybridized carbons (Fsp3) is 0.789. The van der Waals surface area contributed by atoms with Gasteiger partial charge in [-0.15, -0.1) is 0 Å². The fourth-order valence-corrected chi connectivity index (χ4v) is 5.65. The van der Waals surface area contributed by atoms with Crippen LogP contribution in [0.2, 0.25) is 0 Å². The molecule has 1 spiro atoms. The maximum Gasteiger partial charge on any atom is 0.302 e. The molecule has 2 saturated heterocycles. The number of fused-ring (bicyclic) bond motifs is 2. The molecule has 4 rings (SSSR count). The number of aliphatic hydroxyl groups excluding tert-OH is 2. The molecule has 1 saturated carbocycles. The van der Waals surface area contributed by atoms with Crippen molar-refractivity contribution in [1.82, 2.24) is 0 Å². The molecule has 0 aromatic carbocycles. The number of ether oxygens (including phenoxy) is 4. The van der Waals surface area contributed by atoms with Crippen LogP contribution in [0, 0.1) is 10.8 Å². The minimum Gasteiger partial charge on any atom is -0.465 e. The Kier molecular flexibility index (Phi) is 4.03. The van der Waals surface area contributed by atoms with Crippen LogP contribution in [-0.2, 0) is 28.5 Å². The van der Waals surface area contributed by atoms with Crippen molar-refractivity contribution in [2.75, 3.05) is 13.2 Å². The first-order chi connectivity index (χ1) is 12.6. The lowest BCUT2D eigenvalue weighted by Crippen LogP contribution is -2.71. The van der Waals surface area contributed by atoms with Crippen molar-refractivity contribution in [3.05, 3.63) is 11.6 Å². The topological polar surface area (TPSA) is 115 Å². The Labute approximate surface area is 157 Å². The summed E-state index contributed by atoms with van der Waals surface area (Å²) in [6.07, 6.45) is -1.81. The highest BCUT2D eigenvalue weighted by Crippen LogP contribution is 2.71. The molecule has 2 aliphatic carbocycles. The van der Waals surface area contributed by atoms with Crippen molar-refractivity contribution in [3.8, 4) is 0 Å². The summed E-state index contributed by atoms with van der Waals surface area (Å²) in [7, 11) is 0. The third kappa shape index (κ3) is 2.24. The maximum absolute atomic E-state index is 11.6. The lowest BCUT2D eigenvalue weighted by atomic mass is 9.50. The van der Waals surface area contributed by atoms with E-state index in [0.717, 1.165) is 0 Å². The highest BCUT2D eigenvalue weighted by atomic mass is 16.7. The Bertz CT molecular complexity index is 712. The zero-order valence-corrected chi connectivity index (χ0v) is 15.9. The third-order valence-electron chi connectivity index (χ3n) is 7.16. The number of aliphatic hydroxyl groups is 2. The van der Waals surface area contributed by atoms with Gasteiger partial charge in [-0.25, -0.2) is 0 Å². The maximum atomic E-state index is 11.6. The van der Waals surface area contributed by atoms with Gasteiger partial charge in [-0.3, -0.25) is 9.59 Å². The number of hydrogen-bond acceptors (Lipinski definition) is 8. The van der Waals surface area contributed by atoms with Crippen LogP contribution in [0.15, 0.2) is 11.6 Å².